The molecule has 0 aliphatic carbocycles. The lowest BCUT2D eigenvalue weighted by Gasteiger charge is -2.26. The topological polar surface area (TPSA) is 84.9 Å². The number of rotatable bonds is 9. The fourth-order valence-electron chi connectivity index (χ4n) is 3.28. The quantitative estimate of drug-likeness (QED) is 0.367. The van der Waals surface area contributed by atoms with E-state index < -0.39 is 17.8 Å². The highest BCUT2D eigenvalue weighted by Gasteiger charge is 2.36. The van der Waals surface area contributed by atoms with Crippen LogP contribution in [0.3, 0.4) is 0 Å². The van der Waals surface area contributed by atoms with Crippen LogP contribution in [0.2, 0.25) is 0 Å². The minimum absolute atomic E-state index is 0.166. The number of allylic oxidation sites excluding steroid dienone is 1. The van der Waals surface area contributed by atoms with Crippen molar-refractivity contribution in [1.29, 1.82) is 0 Å². The van der Waals surface area contributed by atoms with Crippen LogP contribution in [0.1, 0.15) is 18.1 Å². The van der Waals surface area contributed by atoms with E-state index >= 15 is 0 Å². The summed E-state index contributed by atoms with van der Waals surface area (Å²) >= 11 is 0. The molecule has 1 N–H and O–H groups in total. The summed E-state index contributed by atoms with van der Waals surface area (Å²) in [5.41, 5.74) is 1.53. The largest absolute Gasteiger partial charge is 0.490 e. The summed E-state index contributed by atoms with van der Waals surface area (Å²) in [5.74, 6) is -0.447. The van der Waals surface area contributed by atoms with Crippen molar-refractivity contribution in [2.24, 2.45) is 0 Å². The van der Waals surface area contributed by atoms with E-state index in [-0.39, 0.29) is 5.57 Å². The number of ether oxygens (including phenoxy) is 2. The van der Waals surface area contributed by atoms with E-state index in [1.807, 2.05) is 6.92 Å². The zero-order valence-electron chi connectivity index (χ0n) is 17.8. The molecule has 1 aliphatic rings. The van der Waals surface area contributed by atoms with Crippen molar-refractivity contribution in [3.8, 4) is 11.5 Å². The molecule has 0 aromatic heterocycles. The molecule has 0 radical (unpaired) electrons. The number of para-hydroxylation sites is 1. The van der Waals surface area contributed by atoms with E-state index in [0.717, 1.165) is 10.5 Å². The van der Waals surface area contributed by atoms with Crippen molar-refractivity contribution < 1.29 is 23.9 Å². The van der Waals surface area contributed by atoms with Gasteiger partial charge in [0.05, 0.1) is 12.3 Å². The first kappa shape index (κ1) is 22.6. The van der Waals surface area contributed by atoms with Crippen LogP contribution in [0.25, 0.3) is 6.08 Å². The van der Waals surface area contributed by atoms with E-state index in [0.29, 0.717) is 42.4 Å². The van der Waals surface area contributed by atoms with Crippen molar-refractivity contribution in [2.45, 2.75) is 13.3 Å². The highest BCUT2D eigenvalue weighted by molar-refractivity contribution is 6.39. The second-order valence-corrected chi connectivity index (χ2v) is 6.83. The Morgan fingerprint density at radius 2 is 1.78 bits per heavy atom. The molecule has 7 heteroatoms. The van der Waals surface area contributed by atoms with Crippen LogP contribution < -0.4 is 19.7 Å². The Morgan fingerprint density at radius 1 is 1.03 bits per heavy atom. The summed E-state index contributed by atoms with van der Waals surface area (Å²) in [7, 11) is 0. The van der Waals surface area contributed by atoms with Gasteiger partial charge in [-0.2, -0.15) is 0 Å². The summed E-state index contributed by atoms with van der Waals surface area (Å²) in [4.78, 5) is 38.8. The molecule has 1 aliphatic heterocycles. The number of nitrogens with zero attached hydrogens (tertiary/aromatic N) is 1. The van der Waals surface area contributed by atoms with Gasteiger partial charge in [0.1, 0.15) is 12.2 Å². The highest BCUT2D eigenvalue weighted by atomic mass is 16.5. The zero-order valence-corrected chi connectivity index (χ0v) is 17.8. The molecule has 2 aromatic rings. The summed E-state index contributed by atoms with van der Waals surface area (Å²) in [6, 6.07) is 11.1. The van der Waals surface area contributed by atoms with Crippen molar-refractivity contribution in [3.05, 3.63) is 84.5 Å². The molecule has 1 heterocycles. The van der Waals surface area contributed by atoms with Gasteiger partial charge >= 0.3 is 6.03 Å². The number of urea groups is 1. The van der Waals surface area contributed by atoms with Crippen LogP contribution in [0, 0.1) is 0 Å². The Kier molecular flexibility index (Phi) is 7.23. The molecule has 0 bridgehead atoms. The van der Waals surface area contributed by atoms with Gasteiger partial charge in [0.2, 0.25) is 0 Å². The third-order valence-corrected chi connectivity index (χ3v) is 4.59. The van der Waals surface area contributed by atoms with Gasteiger partial charge in [-0.05, 0) is 49.2 Å². The molecule has 4 amide bonds. The van der Waals surface area contributed by atoms with Crippen molar-refractivity contribution >= 4 is 29.6 Å². The number of nitrogens with one attached hydrogen (secondary N) is 1. The summed E-state index contributed by atoms with van der Waals surface area (Å²) in [5, 5.41) is 2.22. The molecule has 0 unspecified atom stereocenters. The number of amides is 4. The molecule has 1 saturated heterocycles. The number of anilines is 1. The molecule has 32 heavy (non-hydrogen) atoms. The molecule has 7 nitrogen and oxygen atoms in total. The fourth-order valence-corrected chi connectivity index (χ4v) is 3.28. The SMILES string of the molecule is C=CCOc1c(CC=C)cc(/C=C2\C(=O)NC(=O)N(c3ccccc3)C2=O)cc1OCC. The van der Waals surface area contributed by atoms with Gasteiger partial charge in [-0.25, -0.2) is 9.69 Å². The number of imide groups is 2. The van der Waals surface area contributed by atoms with Crippen molar-refractivity contribution in [3.63, 3.8) is 0 Å². The van der Waals surface area contributed by atoms with E-state index in [4.69, 9.17) is 9.47 Å². The highest BCUT2D eigenvalue weighted by Crippen LogP contribution is 2.35. The minimum atomic E-state index is -0.793. The number of hydrogen-bond donors (Lipinski definition) is 1. The number of carbonyl (C=O) groups is 3. The Balaban J connectivity index is 2.07. The second kappa shape index (κ2) is 10.3. The lowest BCUT2D eigenvalue weighted by atomic mass is 10.0. The smallest absolute Gasteiger partial charge is 0.335 e. The van der Waals surface area contributed by atoms with Crippen LogP contribution >= 0.6 is 0 Å². The van der Waals surface area contributed by atoms with Crippen molar-refractivity contribution in [2.75, 3.05) is 18.1 Å². The van der Waals surface area contributed by atoms with Crippen LogP contribution in [-0.4, -0.2) is 31.1 Å². The Hall–Kier alpha value is -4.13. The normalized spacial score (nSPS) is 14.8. The maximum atomic E-state index is 13.1. The zero-order chi connectivity index (χ0) is 23.1. The van der Waals surface area contributed by atoms with Crippen LogP contribution in [-0.2, 0) is 16.0 Å². The van der Waals surface area contributed by atoms with Crippen LogP contribution in [0.5, 0.6) is 11.5 Å². The van der Waals surface area contributed by atoms with Gasteiger partial charge in [0.15, 0.2) is 11.5 Å². The number of hydrogen-bond acceptors (Lipinski definition) is 5. The van der Waals surface area contributed by atoms with Gasteiger partial charge in [0.25, 0.3) is 11.8 Å². The van der Waals surface area contributed by atoms with E-state index in [9.17, 15) is 14.4 Å². The first-order chi connectivity index (χ1) is 15.5. The lowest BCUT2D eigenvalue weighted by molar-refractivity contribution is -0.122. The van der Waals surface area contributed by atoms with E-state index in [1.165, 1.54) is 6.08 Å². The van der Waals surface area contributed by atoms with Gasteiger partial charge < -0.3 is 9.47 Å². The third kappa shape index (κ3) is 4.78. The van der Waals surface area contributed by atoms with E-state index in [1.54, 1.807) is 54.6 Å². The summed E-state index contributed by atoms with van der Waals surface area (Å²) < 4.78 is 11.5. The molecular formula is C25H24N2O5. The average Bonchev–Trinajstić information content (AvgIpc) is 2.77. The Labute approximate surface area is 186 Å². The standard InChI is InChI=1S/C25H24N2O5/c1-4-10-18-14-17(16-21(31-6-3)22(18)32-13-5-2)15-20-23(28)26-25(30)27(24(20)29)19-11-8-7-9-12-19/h4-5,7-9,11-12,14-16H,1-2,6,10,13H2,3H3,(H,26,28,30)/b20-15+. The second-order valence-electron chi connectivity index (χ2n) is 6.83. The van der Waals surface area contributed by atoms with E-state index in [2.05, 4.69) is 18.5 Å². The van der Waals surface area contributed by atoms with Gasteiger partial charge in [-0.15, -0.1) is 6.58 Å². The first-order valence-electron chi connectivity index (χ1n) is 10.1. The van der Waals surface area contributed by atoms with Gasteiger partial charge in [0, 0.05) is 5.56 Å². The molecule has 164 valence electrons. The van der Waals surface area contributed by atoms with Crippen LogP contribution in [0.15, 0.2) is 73.3 Å². The number of benzene rings is 2. The molecule has 0 saturated carbocycles. The molecule has 2 aromatic carbocycles. The predicted molar refractivity (Wildman–Crippen MR) is 123 cm³/mol. The molecule has 0 spiro atoms. The predicted octanol–water partition coefficient (Wildman–Crippen LogP) is 4.05. The monoisotopic (exact) mass is 432 g/mol. The van der Waals surface area contributed by atoms with Crippen molar-refractivity contribution in [1.82, 2.24) is 5.32 Å². The number of carbonyl (C=O) groups excluding carboxylic acids is 3. The molecule has 1 fully saturated rings. The van der Waals surface area contributed by atoms with Crippen LogP contribution in [0.4, 0.5) is 10.5 Å². The fraction of sp³-hybridized carbons (Fsp3) is 0.160. The third-order valence-electron chi connectivity index (χ3n) is 4.59. The lowest BCUT2D eigenvalue weighted by Crippen LogP contribution is -2.54. The average molecular weight is 432 g/mol. The maximum absolute atomic E-state index is 13.1. The minimum Gasteiger partial charge on any atom is -0.490 e. The Morgan fingerprint density at radius 3 is 2.44 bits per heavy atom. The summed E-state index contributed by atoms with van der Waals surface area (Å²) in [6.07, 6.45) is 5.27. The number of barbiturate groups is 1. The first-order valence-corrected chi connectivity index (χ1v) is 10.1. The molecule has 3 rings (SSSR count). The maximum Gasteiger partial charge on any atom is 0.335 e. The Bertz CT molecular complexity index is 1090. The molecular weight excluding hydrogens is 408 g/mol. The molecule has 0 atom stereocenters. The summed E-state index contributed by atoms with van der Waals surface area (Å²) in [6.45, 7) is 9.98. The van der Waals surface area contributed by atoms with Gasteiger partial charge in [-0.3, -0.25) is 14.9 Å². The van der Waals surface area contributed by atoms with Gasteiger partial charge in [-0.1, -0.05) is 36.9 Å².